The average Bonchev–Trinajstić information content (AvgIpc) is 2.45. The number of anilines is 1. The molecule has 20 heavy (non-hydrogen) atoms. The smallest absolute Gasteiger partial charge is 0.279 e. The number of hydrogen-bond donors (Lipinski definition) is 1. The second-order valence-corrected chi connectivity index (χ2v) is 6.00. The van der Waals surface area contributed by atoms with Crippen LogP contribution in [-0.4, -0.2) is 11.6 Å². The molecule has 0 aromatic heterocycles. The maximum atomic E-state index is 11.0. The molecule has 0 aliphatic rings. The Kier molecular flexibility index (Phi) is 4.66. The number of nitro benzene ring substituents is 1. The first-order valence-corrected chi connectivity index (χ1v) is 7.73. The zero-order valence-corrected chi connectivity index (χ0v) is 11.9. The van der Waals surface area contributed by atoms with Gasteiger partial charge in [-0.1, -0.05) is 30.3 Å². The van der Waals surface area contributed by atoms with E-state index in [0.29, 0.717) is 17.6 Å². The van der Waals surface area contributed by atoms with Gasteiger partial charge in [-0.25, -0.2) is 0 Å². The molecular weight excluding hydrogens is 275 g/mol. The zero-order valence-electron chi connectivity index (χ0n) is 11.0. The van der Waals surface area contributed by atoms with Gasteiger partial charge in [0, 0.05) is 11.8 Å². The molecule has 0 amide bonds. The fourth-order valence-electron chi connectivity index (χ4n) is 1.76. The Morgan fingerprint density at radius 1 is 1.25 bits per heavy atom. The molecule has 0 radical (unpaired) electrons. The molecule has 0 bridgehead atoms. The molecule has 5 nitrogen and oxygen atoms in total. The highest BCUT2D eigenvalue weighted by Gasteiger charge is 2.20. The van der Waals surface area contributed by atoms with Crippen molar-refractivity contribution >= 4 is 24.8 Å². The van der Waals surface area contributed by atoms with E-state index in [1.54, 1.807) is 6.07 Å². The Morgan fingerprint density at radius 2 is 1.95 bits per heavy atom. The molecule has 2 rings (SSSR count). The maximum Gasteiger partial charge on any atom is 0.279 e. The van der Waals surface area contributed by atoms with Crippen molar-refractivity contribution < 1.29 is 9.45 Å². The summed E-state index contributed by atoms with van der Waals surface area (Å²) in [5.74, 6) is 0. The molecule has 2 aromatic rings. The second-order valence-electron chi connectivity index (χ2n) is 4.26. The molecule has 0 aliphatic carbocycles. The Morgan fingerprint density at radius 3 is 2.60 bits per heavy atom. The van der Waals surface area contributed by atoms with Gasteiger partial charge in [-0.3, -0.25) is 10.1 Å². The molecule has 1 atom stereocenters. The molecule has 0 heterocycles. The third-order valence-corrected chi connectivity index (χ3v) is 4.36. The van der Waals surface area contributed by atoms with Crippen molar-refractivity contribution in [1.82, 2.24) is 0 Å². The number of nitrogen functional groups attached to an aromatic ring is 1. The van der Waals surface area contributed by atoms with Gasteiger partial charge in [-0.15, -0.1) is 0 Å². The van der Waals surface area contributed by atoms with Gasteiger partial charge in [0.05, 0.1) is 25.0 Å². The zero-order chi connectivity index (χ0) is 14.5. The van der Waals surface area contributed by atoms with Gasteiger partial charge in [0.2, 0.25) is 0 Å². The summed E-state index contributed by atoms with van der Waals surface area (Å²) in [4.78, 5) is 10.6. The molecule has 1 unspecified atom stereocenters. The van der Waals surface area contributed by atoms with E-state index in [9.17, 15) is 10.1 Å². The predicted molar refractivity (Wildman–Crippen MR) is 81.2 cm³/mol. The Hall–Kier alpha value is -1.97. The van der Waals surface area contributed by atoms with Gasteiger partial charge in [0.15, 0.2) is 0 Å². The average molecular weight is 290 g/mol. The summed E-state index contributed by atoms with van der Waals surface area (Å²) in [6.07, 6.45) is 0. The van der Waals surface area contributed by atoms with E-state index in [0.717, 1.165) is 5.56 Å². The van der Waals surface area contributed by atoms with Gasteiger partial charge in [-0.05, 0) is 24.4 Å². The Labute approximate surface area is 118 Å². The molecule has 2 N–H and O–H groups in total. The number of hydrogen-bond acceptors (Lipinski definition) is 4. The first-order chi connectivity index (χ1) is 9.58. The van der Waals surface area contributed by atoms with Gasteiger partial charge < -0.3 is 10.3 Å². The van der Waals surface area contributed by atoms with Crippen molar-refractivity contribution in [2.45, 2.75) is 6.61 Å². The van der Waals surface area contributed by atoms with Crippen LogP contribution in [-0.2, 0) is 11.1 Å². The van der Waals surface area contributed by atoms with Crippen LogP contribution in [0.1, 0.15) is 5.56 Å². The first kappa shape index (κ1) is 14.4. The van der Waals surface area contributed by atoms with Crippen LogP contribution < -0.4 is 11.0 Å². The van der Waals surface area contributed by atoms with E-state index in [4.69, 9.17) is 10.3 Å². The number of benzene rings is 2. The minimum absolute atomic E-state index is 0.0564. The highest BCUT2D eigenvalue weighted by molar-refractivity contribution is 7.60. The van der Waals surface area contributed by atoms with Crippen LogP contribution in [0.2, 0.25) is 0 Å². The van der Waals surface area contributed by atoms with Crippen molar-refractivity contribution in [1.29, 1.82) is 0 Å². The summed E-state index contributed by atoms with van der Waals surface area (Å²) < 4.78 is 5.76. The number of nitro groups is 1. The van der Waals surface area contributed by atoms with Crippen LogP contribution in [0.5, 0.6) is 0 Å². The minimum atomic E-state index is -1.09. The van der Waals surface area contributed by atoms with Crippen molar-refractivity contribution in [3.05, 3.63) is 64.2 Å². The van der Waals surface area contributed by atoms with Gasteiger partial charge in [0.1, 0.15) is 0 Å². The highest BCUT2D eigenvalue weighted by atomic mass is 31.1. The van der Waals surface area contributed by atoms with Crippen molar-refractivity contribution in [2.75, 3.05) is 12.4 Å². The summed E-state index contributed by atoms with van der Waals surface area (Å²) in [6, 6.07) is 14.3. The molecule has 0 saturated heterocycles. The third-order valence-electron chi connectivity index (χ3n) is 2.80. The molecule has 0 saturated carbocycles. The summed E-state index contributed by atoms with van der Waals surface area (Å²) in [7, 11) is -1.09. The van der Waals surface area contributed by atoms with Crippen molar-refractivity contribution in [3.63, 3.8) is 0 Å². The molecule has 0 spiro atoms. The Bertz CT molecular complexity index is 605. The summed E-state index contributed by atoms with van der Waals surface area (Å²) in [6.45, 7) is 2.27. The lowest BCUT2D eigenvalue weighted by molar-refractivity contribution is -0.383. The largest absolute Gasteiger partial charge is 0.399 e. The molecule has 6 heteroatoms. The van der Waals surface area contributed by atoms with E-state index in [2.05, 4.69) is 0 Å². The van der Waals surface area contributed by atoms with E-state index < -0.39 is 13.1 Å². The van der Waals surface area contributed by atoms with E-state index >= 15 is 0 Å². The van der Waals surface area contributed by atoms with Crippen LogP contribution in [0.3, 0.4) is 0 Å². The minimum Gasteiger partial charge on any atom is -0.399 e. The fourth-order valence-corrected chi connectivity index (χ4v) is 3.05. The lowest BCUT2D eigenvalue weighted by Gasteiger charge is -2.14. The normalized spacial score (nSPS) is 12.1. The standard InChI is InChI=1S/C14H15N2O3P/c1-20(19-10-11-5-3-2-4-6-11)14-9-12(15)7-8-13(14)16(17)18/h2-9H,10,15H2,1H3. The van der Waals surface area contributed by atoms with Crippen LogP contribution in [0.4, 0.5) is 11.4 Å². The van der Waals surface area contributed by atoms with Gasteiger partial charge in [-0.2, -0.15) is 0 Å². The predicted octanol–water partition coefficient (Wildman–Crippen LogP) is 3.05. The molecule has 0 fully saturated rings. The topological polar surface area (TPSA) is 78.4 Å². The number of rotatable bonds is 5. The fraction of sp³-hybridized carbons (Fsp3) is 0.143. The first-order valence-electron chi connectivity index (χ1n) is 6.02. The Balaban J connectivity index is 2.14. The van der Waals surface area contributed by atoms with Gasteiger partial charge in [0.25, 0.3) is 5.69 Å². The molecular formula is C14H15N2O3P. The van der Waals surface area contributed by atoms with Crippen LogP contribution in [0.15, 0.2) is 48.5 Å². The lowest BCUT2D eigenvalue weighted by Crippen LogP contribution is -2.10. The van der Waals surface area contributed by atoms with E-state index in [1.807, 2.05) is 37.0 Å². The number of nitrogens with two attached hydrogens (primary N) is 1. The van der Waals surface area contributed by atoms with Crippen molar-refractivity contribution in [2.24, 2.45) is 0 Å². The number of nitrogens with zero attached hydrogens (tertiary/aromatic N) is 1. The second kappa shape index (κ2) is 6.46. The molecule has 104 valence electrons. The lowest BCUT2D eigenvalue weighted by atomic mass is 10.2. The SMILES string of the molecule is CP(OCc1ccccc1)c1cc(N)ccc1[N+](=O)[O-]. The summed E-state index contributed by atoms with van der Waals surface area (Å²) in [5, 5.41) is 11.6. The quantitative estimate of drug-likeness (QED) is 0.397. The third kappa shape index (κ3) is 3.53. The maximum absolute atomic E-state index is 11.0. The van der Waals surface area contributed by atoms with E-state index in [-0.39, 0.29) is 5.69 Å². The summed E-state index contributed by atoms with van der Waals surface area (Å²) >= 11 is 0. The van der Waals surface area contributed by atoms with E-state index in [1.165, 1.54) is 12.1 Å². The molecule has 2 aromatic carbocycles. The van der Waals surface area contributed by atoms with Crippen LogP contribution in [0.25, 0.3) is 0 Å². The van der Waals surface area contributed by atoms with Crippen LogP contribution in [0, 0.1) is 10.1 Å². The van der Waals surface area contributed by atoms with Crippen LogP contribution >= 0.6 is 8.15 Å². The highest BCUT2D eigenvalue weighted by Crippen LogP contribution is 2.36. The summed E-state index contributed by atoms with van der Waals surface area (Å²) in [5.41, 5.74) is 7.30. The van der Waals surface area contributed by atoms with Crippen molar-refractivity contribution in [3.8, 4) is 0 Å². The molecule has 0 aliphatic heterocycles. The van der Waals surface area contributed by atoms with Gasteiger partial charge >= 0.3 is 0 Å². The monoisotopic (exact) mass is 290 g/mol.